The molecule has 0 bridgehead atoms. The molecule has 0 aliphatic rings. The summed E-state index contributed by atoms with van der Waals surface area (Å²) >= 11 is 0. The third-order valence-electron chi connectivity index (χ3n) is 3.84. The SMILES string of the molecule is O=C(O)c1cccc(-c2cccc([N+](=O)[O-])c2)c1OCc1ccccc1. The zero-order valence-corrected chi connectivity index (χ0v) is 13.7. The number of hydrogen-bond donors (Lipinski definition) is 1. The molecule has 0 fully saturated rings. The van der Waals surface area contributed by atoms with Gasteiger partial charge in [0.2, 0.25) is 0 Å². The Kier molecular flexibility index (Phi) is 4.94. The highest BCUT2D eigenvalue weighted by Crippen LogP contribution is 2.35. The monoisotopic (exact) mass is 349 g/mol. The van der Waals surface area contributed by atoms with Crippen molar-refractivity contribution < 1.29 is 19.6 Å². The molecule has 6 nitrogen and oxygen atoms in total. The lowest BCUT2D eigenvalue weighted by Crippen LogP contribution is -2.05. The van der Waals surface area contributed by atoms with Gasteiger partial charge in [-0.2, -0.15) is 0 Å². The van der Waals surface area contributed by atoms with Crippen LogP contribution >= 0.6 is 0 Å². The maximum Gasteiger partial charge on any atom is 0.339 e. The van der Waals surface area contributed by atoms with E-state index in [0.29, 0.717) is 11.1 Å². The van der Waals surface area contributed by atoms with Crippen molar-refractivity contribution in [1.29, 1.82) is 0 Å². The maximum absolute atomic E-state index is 11.6. The van der Waals surface area contributed by atoms with Crippen molar-refractivity contribution in [1.82, 2.24) is 0 Å². The molecule has 1 N–H and O–H groups in total. The Morgan fingerprint density at radius 3 is 2.42 bits per heavy atom. The second-order valence-electron chi connectivity index (χ2n) is 5.57. The molecule has 0 radical (unpaired) electrons. The lowest BCUT2D eigenvalue weighted by molar-refractivity contribution is -0.384. The molecule has 0 spiro atoms. The first-order valence-electron chi connectivity index (χ1n) is 7.84. The molecule has 0 saturated carbocycles. The number of rotatable bonds is 6. The highest BCUT2D eigenvalue weighted by atomic mass is 16.6. The zero-order chi connectivity index (χ0) is 18.5. The van der Waals surface area contributed by atoms with Gasteiger partial charge in [-0.05, 0) is 17.2 Å². The standard InChI is InChI=1S/C20H15NO5/c22-20(23)18-11-5-10-17(15-8-4-9-16(12-15)21(24)25)19(18)26-13-14-6-2-1-3-7-14/h1-12H,13H2,(H,22,23). The largest absolute Gasteiger partial charge is 0.487 e. The average molecular weight is 349 g/mol. The van der Waals surface area contributed by atoms with Crippen molar-refractivity contribution in [3.8, 4) is 16.9 Å². The summed E-state index contributed by atoms with van der Waals surface area (Å²) in [6.45, 7) is 0.188. The molecule has 0 aromatic heterocycles. The lowest BCUT2D eigenvalue weighted by atomic mass is 10.0. The molecule has 130 valence electrons. The first-order chi connectivity index (χ1) is 12.6. The minimum Gasteiger partial charge on any atom is -0.487 e. The molecular weight excluding hydrogens is 334 g/mol. The Bertz CT molecular complexity index is 953. The molecule has 3 rings (SSSR count). The third kappa shape index (κ3) is 3.70. The van der Waals surface area contributed by atoms with E-state index >= 15 is 0 Å². The van der Waals surface area contributed by atoms with E-state index in [0.717, 1.165) is 5.56 Å². The summed E-state index contributed by atoms with van der Waals surface area (Å²) in [4.78, 5) is 22.1. The lowest BCUT2D eigenvalue weighted by Gasteiger charge is -2.14. The van der Waals surface area contributed by atoms with Crippen molar-refractivity contribution in [2.24, 2.45) is 0 Å². The molecule has 0 aliphatic carbocycles. The molecule has 0 atom stereocenters. The van der Waals surface area contributed by atoms with Gasteiger partial charge in [-0.25, -0.2) is 4.79 Å². The van der Waals surface area contributed by atoms with Gasteiger partial charge in [-0.1, -0.05) is 54.6 Å². The van der Waals surface area contributed by atoms with Gasteiger partial charge in [-0.15, -0.1) is 0 Å². The van der Waals surface area contributed by atoms with E-state index in [9.17, 15) is 20.0 Å². The molecular formula is C20H15NO5. The molecule has 3 aromatic carbocycles. The van der Waals surface area contributed by atoms with E-state index in [2.05, 4.69) is 0 Å². The number of carboxylic acid groups (broad SMARTS) is 1. The minimum absolute atomic E-state index is 0.00457. The van der Waals surface area contributed by atoms with Crippen LogP contribution in [0.4, 0.5) is 5.69 Å². The minimum atomic E-state index is -1.12. The summed E-state index contributed by atoms with van der Waals surface area (Å²) in [5.41, 5.74) is 1.83. The molecule has 0 saturated heterocycles. The summed E-state index contributed by atoms with van der Waals surface area (Å²) in [5.74, 6) is -0.940. The number of hydrogen-bond acceptors (Lipinski definition) is 4. The Balaban J connectivity index is 2.04. The Hall–Kier alpha value is -3.67. The van der Waals surface area contributed by atoms with Gasteiger partial charge in [0.05, 0.1) is 4.92 Å². The summed E-state index contributed by atoms with van der Waals surface area (Å²) in [7, 11) is 0. The van der Waals surface area contributed by atoms with E-state index < -0.39 is 10.9 Å². The van der Waals surface area contributed by atoms with Crippen LogP contribution in [0.1, 0.15) is 15.9 Å². The fraction of sp³-hybridized carbons (Fsp3) is 0.0500. The number of carboxylic acids is 1. The van der Waals surface area contributed by atoms with Gasteiger partial charge in [0.1, 0.15) is 17.9 Å². The molecule has 0 unspecified atom stereocenters. The molecule has 26 heavy (non-hydrogen) atoms. The van der Waals surface area contributed by atoms with E-state index in [1.165, 1.54) is 18.2 Å². The zero-order valence-electron chi connectivity index (χ0n) is 13.7. The van der Waals surface area contributed by atoms with Crippen LogP contribution in [-0.2, 0) is 6.61 Å². The smallest absolute Gasteiger partial charge is 0.339 e. The predicted molar refractivity (Wildman–Crippen MR) is 96.3 cm³/mol. The van der Waals surface area contributed by atoms with Crippen LogP contribution in [0.25, 0.3) is 11.1 Å². The summed E-state index contributed by atoms with van der Waals surface area (Å²) in [6.07, 6.45) is 0. The number of aromatic carboxylic acids is 1. The van der Waals surface area contributed by atoms with Crippen LogP contribution in [0.3, 0.4) is 0 Å². The number of para-hydroxylation sites is 1. The van der Waals surface area contributed by atoms with E-state index in [-0.39, 0.29) is 23.6 Å². The van der Waals surface area contributed by atoms with Crippen LogP contribution in [0.2, 0.25) is 0 Å². The van der Waals surface area contributed by atoms with Gasteiger partial charge in [0.25, 0.3) is 5.69 Å². The van der Waals surface area contributed by atoms with Crippen LogP contribution in [0.15, 0.2) is 72.8 Å². The van der Waals surface area contributed by atoms with Gasteiger partial charge < -0.3 is 9.84 Å². The van der Waals surface area contributed by atoms with E-state index in [1.54, 1.807) is 24.3 Å². The Morgan fingerprint density at radius 1 is 1.00 bits per heavy atom. The average Bonchev–Trinajstić information content (AvgIpc) is 2.67. The van der Waals surface area contributed by atoms with Crippen LogP contribution in [0.5, 0.6) is 5.75 Å². The molecule has 0 aliphatic heterocycles. The number of nitro groups is 1. The number of non-ortho nitro benzene ring substituents is 1. The number of ether oxygens (including phenoxy) is 1. The second-order valence-corrected chi connectivity index (χ2v) is 5.57. The quantitative estimate of drug-likeness (QED) is 0.521. The third-order valence-corrected chi connectivity index (χ3v) is 3.84. The maximum atomic E-state index is 11.6. The number of nitrogens with zero attached hydrogens (tertiary/aromatic N) is 1. The summed E-state index contributed by atoms with van der Waals surface area (Å²) < 4.78 is 5.82. The summed E-state index contributed by atoms with van der Waals surface area (Å²) in [5, 5.41) is 20.5. The van der Waals surface area contributed by atoms with Crippen molar-refractivity contribution in [2.75, 3.05) is 0 Å². The topological polar surface area (TPSA) is 89.7 Å². The van der Waals surface area contributed by atoms with E-state index in [1.807, 2.05) is 30.3 Å². The predicted octanol–water partition coefficient (Wildman–Crippen LogP) is 4.54. The second kappa shape index (κ2) is 7.48. The van der Waals surface area contributed by atoms with Gasteiger partial charge in [-0.3, -0.25) is 10.1 Å². The van der Waals surface area contributed by atoms with Gasteiger partial charge in [0, 0.05) is 17.7 Å². The van der Waals surface area contributed by atoms with Crippen LogP contribution in [-0.4, -0.2) is 16.0 Å². The van der Waals surface area contributed by atoms with Gasteiger partial charge >= 0.3 is 5.97 Å². The van der Waals surface area contributed by atoms with Crippen molar-refractivity contribution in [2.45, 2.75) is 6.61 Å². The van der Waals surface area contributed by atoms with Crippen LogP contribution < -0.4 is 4.74 Å². The van der Waals surface area contributed by atoms with Gasteiger partial charge in [0.15, 0.2) is 0 Å². The van der Waals surface area contributed by atoms with E-state index in [4.69, 9.17) is 4.74 Å². The van der Waals surface area contributed by atoms with Crippen molar-refractivity contribution in [3.63, 3.8) is 0 Å². The normalized spacial score (nSPS) is 10.3. The Morgan fingerprint density at radius 2 is 1.73 bits per heavy atom. The molecule has 0 amide bonds. The fourth-order valence-electron chi connectivity index (χ4n) is 2.61. The first kappa shape index (κ1) is 17.2. The number of nitro benzene ring substituents is 1. The molecule has 3 aromatic rings. The highest BCUT2D eigenvalue weighted by molar-refractivity contribution is 5.94. The van der Waals surface area contributed by atoms with Crippen molar-refractivity contribution >= 4 is 11.7 Å². The molecule has 0 heterocycles. The fourth-order valence-corrected chi connectivity index (χ4v) is 2.61. The molecule has 6 heteroatoms. The number of carbonyl (C=O) groups is 1. The highest BCUT2D eigenvalue weighted by Gasteiger charge is 2.18. The summed E-state index contributed by atoms with van der Waals surface area (Å²) in [6, 6.07) is 20.1. The van der Waals surface area contributed by atoms with Crippen molar-refractivity contribution in [3.05, 3.63) is 94.0 Å². The Labute approximate surface area is 149 Å². The van der Waals surface area contributed by atoms with Crippen LogP contribution in [0, 0.1) is 10.1 Å². The first-order valence-corrected chi connectivity index (χ1v) is 7.84. The number of benzene rings is 3.